The Kier molecular flexibility index (Phi) is 4.82. The van der Waals surface area contributed by atoms with E-state index in [1.165, 1.54) is 0 Å². The number of carbonyl (C=O) groups excluding carboxylic acids is 1. The first-order chi connectivity index (χ1) is 4.74. The molecule has 1 amide bonds. The third-order valence-corrected chi connectivity index (χ3v) is 0.991. The summed E-state index contributed by atoms with van der Waals surface area (Å²) in [5, 5.41) is 19.2. The summed E-state index contributed by atoms with van der Waals surface area (Å²) in [6.45, 7) is -0.680. The summed E-state index contributed by atoms with van der Waals surface area (Å²) in [5.41, 5.74) is 4.95. The van der Waals surface area contributed by atoms with Crippen LogP contribution < -0.4 is 11.1 Å². The van der Waals surface area contributed by atoms with E-state index >= 15 is 0 Å². The van der Waals surface area contributed by atoms with Crippen molar-refractivity contribution in [2.75, 3.05) is 19.8 Å². The second-order valence-electron chi connectivity index (χ2n) is 1.83. The first kappa shape index (κ1) is 9.35. The highest BCUT2D eigenvalue weighted by Gasteiger charge is 2.06. The Bertz CT molecular complexity index is 103. The van der Waals surface area contributed by atoms with E-state index in [0.29, 0.717) is 0 Å². The van der Waals surface area contributed by atoms with Crippen LogP contribution in [0.15, 0.2) is 0 Å². The molecule has 0 spiro atoms. The van der Waals surface area contributed by atoms with Gasteiger partial charge in [0.25, 0.3) is 0 Å². The maximum absolute atomic E-state index is 10.5. The third kappa shape index (κ3) is 3.39. The molecule has 0 rings (SSSR count). The zero-order valence-electron chi connectivity index (χ0n) is 5.58. The van der Waals surface area contributed by atoms with E-state index in [-0.39, 0.29) is 25.7 Å². The van der Waals surface area contributed by atoms with Crippen molar-refractivity contribution in [2.24, 2.45) is 5.73 Å². The molecule has 0 saturated carbocycles. The van der Waals surface area contributed by atoms with Crippen molar-refractivity contribution in [2.45, 2.75) is 6.04 Å². The Morgan fingerprint density at radius 1 is 1.50 bits per heavy atom. The fraction of sp³-hybridized carbons (Fsp3) is 0.800. The highest BCUT2D eigenvalue weighted by atomic mass is 16.3. The van der Waals surface area contributed by atoms with Crippen molar-refractivity contribution < 1.29 is 15.0 Å². The first-order valence-corrected chi connectivity index (χ1v) is 2.95. The molecule has 0 saturated heterocycles. The van der Waals surface area contributed by atoms with Crippen LogP contribution in [0.4, 0.5) is 0 Å². The SMILES string of the molecule is NCC(=O)NC(CO)CO. The van der Waals surface area contributed by atoms with Crippen molar-refractivity contribution in [3.63, 3.8) is 0 Å². The van der Waals surface area contributed by atoms with Gasteiger partial charge in [-0.15, -0.1) is 0 Å². The Morgan fingerprint density at radius 3 is 2.30 bits per heavy atom. The normalized spacial score (nSPS) is 10.0. The number of rotatable bonds is 4. The molecule has 0 aromatic carbocycles. The second-order valence-corrected chi connectivity index (χ2v) is 1.83. The minimum Gasteiger partial charge on any atom is -0.394 e. The van der Waals surface area contributed by atoms with Crippen molar-refractivity contribution >= 4 is 5.91 Å². The van der Waals surface area contributed by atoms with Gasteiger partial charge in [0, 0.05) is 0 Å². The monoisotopic (exact) mass is 148 g/mol. The summed E-state index contributed by atoms with van der Waals surface area (Å²) in [5.74, 6) is -0.381. The van der Waals surface area contributed by atoms with Crippen LogP contribution in [0.3, 0.4) is 0 Å². The molecule has 60 valence electrons. The maximum atomic E-state index is 10.5. The quantitative estimate of drug-likeness (QED) is 0.352. The maximum Gasteiger partial charge on any atom is 0.234 e. The fourth-order valence-corrected chi connectivity index (χ4v) is 0.436. The van der Waals surface area contributed by atoms with Gasteiger partial charge < -0.3 is 21.3 Å². The van der Waals surface area contributed by atoms with E-state index in [1.807, 2.05) is 0 Å². The van der Waals surface area contributed by atoms with Gasteiger partial charge in [0.15, 0.2) is 0 Å². The summed E-state index contributed by atoms with van der Waals surface area (Å²) >= 11 is 0. The number of aliphatic hydroxyl groups excluding tert-OH is 2. The molecule has 5 N–H and O–H groups in total. The molecule has 0 radical (unpaired) electrons. The van der Waals surface area contributed by atoms with E-state index in [4.69, 9.17) is 15.9 Å². The Balaban J connectivity index is 3.52. The lowest BCUT2D eigenvalue weighted by Crippen LogP contribution is -2.42. The van der Waals surface area contributed by atoms with Gasteiger partial charge in [0.05, 0.1) is 25.8 Å². The minimum absolute atomic E-state index is 0.128. The Morgan fingerprint density at radius 2 is 2.00 bits per heavy atom. The lowest BCUT2D eigenvalue weighted by molar-refractivity contribution is -0.121. The topological polar surface area (TPSA) is 95.6 Å². The number of nitrogens with two attached hydrogens (primary N) is 1. The van der Waals surface area contributed by atoms with Crippen LogP contribution in [0.1, 0.15) is 0 Å². The lowest BCUT2D eigenvalue weighted by atomic mass is 10.3. The van der Waals surface area contributed by atoms with Crippen LogP contribution >= 0.6 is 0 Å². The van der Waals surface area contributed by atoms with Gasteiger partial charge in [-0.25, -0.2) is 0 Å². The van der Waals surface area contributed by atoms with Gasteiger partial charge in [-0.1, -0.05) is 0 Å². The Labute approximate surface area is 58.8 Å². The van der Waals surface area contributed by atoms with Gasteiger partial charge >= 0.3 is 0 Å². The van der Waals surface area contributed by atoms with E-state index in [1.54, 1.807) is 0 Å². The predicted molar refractivity (Wildman–Crippen MR) is 35.2 cm³/mol. The van der Waals surface area contributed by atoms with Crippen LogP contribution in [0.2, 0.25) is 0 Å². The first-order valence-electron chi connectivity index (χ1n) is 2.95. The number of carbonyl (C=O) groups is 1. The second kappa shape index (κ2) is 5.16. The molecular formula is C5H12N2O3. The molecule has 0 aromatic rings. The van der Waals surface area contributed by atoms with E-state index in [2.05, 4.69) is 5.32 Å². The van der Waals surface area contributed by atoms with Gasteiger partial charge in [0.1, 0.15) is 0 Å². The molecular weight excluding hydrogens is 136 g/mol. The number of nitrogens with one attached hydrogen (secondary N) is 1. The molecule has 0 fully saturated rings. The summed E-state index contributed by atoms with van der Waals surface area (Å²) in [7, 11) is 0. The molecule has 0 aliphatic carbocycles. The van der Waals surface area contributed by atoms with Gasteiger partial charge in [-0.05, 0) is 0 Å². The van der Waals surface area contributed by atoms with Crippen LogP contribution in [-0.2, 0) is 4.79 Å². The molecule has 0 atom stereocenters. The highest BCUT2D eigenvalue weighted by molar-refractivity contribution is 5.78. The molecule has 5 heteroatoms. The van der Waals surface area contributed by atoms with E-state index in [0.717, 1.165) is 0 Å². The smallest absolute Gasteiger partial charge is 0.234 e. The average Bonchev–Trinajstić information content (AvgIpc) is 1.99. The van der Waals surface area contributed by atoms with Gasteiger partial charge in [-0.3, -0.25) is 4.79 Å². The molecule has 0 aromatic heterocycles. The van der Waals surface area contributed by atoms with Crippen molar-refractivity contribution in [3.05, 3.63) is 0 Å². The summed E-state index contributed by atoms with van der Waals surface area (Å²) in [6.07, 6.45) is 0. The van der Waals surface area contributed by atoms with Crippen molar-refractivity contribution in [3.8, 4) is 0 Å². The number of aliphatic hydroxyl groups is 2. The zero-order valence-corrected chi connectivity index (χ0v) is 5.58. The lowest BCUT2D eigenvalue weighted by Gasteiger charge is -2.11. The summed E-state index contributed by atoms with van der Waals surface area (Å²) in [6, 6.07) is -0.587. The van der Waals surface area contributed by atoms with Gasteiger partial charge in [-0.2, -0.15) is 0 Å². The standard InChI is InChI=1S/C5H12N2O3/c6-1-5(10)7-4(2-8)3-9/h4,8-9H,1-3,6H2,(H,7,10). The molecule has 0 heterocycles. The highest BCUT2D eigenvalue weighted by Crippen LogP contribution is 1.77. The third-order valence-electron chi connectivity index (χ3n) is 0.991. The zero-order chi connectivity index (χ0) is 7.98. The summed E-state index contributed by atoms with van der Waals surface area (Å²) < 4.78 is 0. The largest absolute Gasteiger partial charge is 0.394 e. The molecule has 0 aliphatic heterocycles. The molecule has 10 heavy (non-hydrogen) atoms. The number of hydrogen-bond acceptors (Lipinski definition) is 4. The fourth-order valence-electron chi connectivity index (χ4n) is 0.436. The molecule has 5 nitrogen and oxygen atoms in total. The number of amides is 1. The minimum atomic E-state index is -0.587. The predicted octanol–water partition coefficient (Wildman–Crippen LogP) is -2.59. The van der Waals surface area contributed by atoms with E-state index in [9.17, 15) is 4.79 Å². The van der Waals surface area contributed by atoms with Crippen LogP contribution in [-0.4, -0.2) is 41.9 Å². The van der Waals surface area contributed by atoms with E-state index < -0.39 is 6.04 Å². The molecule has 0 unspecified atom stereocenters. The average molecular weight is 148 g/mol. The Hall–Kier alpha value is -0.650. The van der Waals surface area contributed by atoms with Crippen LogP contribution in [0.25, 0.3) is 0 Å². The van der Waals surface area contributed by atoms with Crippen LogP contribution in [0.5, 0.6) is 0 Å². The van der Waals surface area contributed by atoms with Crippen LogP contribution in [0, 0.1) is 0 Å². The number of hydrogen-bond donors (Lipinski definition) is 4. The molecule has 0 aliphatic rings. The van der Waals surface area contributed by atoms with Gasteiger partial charge in [0.2, 0.25) is 5.91 Å². The van der Waals surface area contributed by atoms with Crippen molar-refractivity contribution in [1.82, 2.24) is 5.32 Å². The molecule has 0 bridgehead atoms. The van der Waals surface area contributed by atoms with Crippen molar-refractivity contribution in [1.29, 1.82) is 0 Å². The summed E-state index contributed by atoms with van der Waals surface area (Å²) in [4.78, 5) is 10.5.